The zero-order valence-corrected chi connectivity index (χ0v) is 15.9. The van der Waals surface area contributed by atoms with Crippen LogP contribution in [0.4, 0.5) is 10.1 Å². The van der Waals surface area contributed by atoms with Crippen molar-refractivity contribution in [2.24, 2.45) is 10.7 Å². The second kappa shape index (κ2) is 8.36. The number of nitrogens with two attached hydrogens (primary N) is 1. The van der Waals surface area contributed by atoms with Gasteiger partial charge in [0.2, 0.25) is 0 Å². The second-order valence-corrected chi connectivity index (χ2v) is 5.65. The molecule has 7 heteroatoms. The summed E-state index contributed by atoms with van der Waals surface area (Å²) in [5.41, 5.74) is 8.21. The van der Waals surface area contributed by atoms with E-state index in [0.29, 0.717) is 12.5 Å². The van der Waals surface area contributed by atoms with E-state index >= 15 is 0 Å². The normalized spacial score (nSPS) is 15.3. The van der Waals surface area contributed by atoms with E-state index in [9.17, 15) is 4.39 Å². The fourth-order valence-corrected chi connectivity index (χ4v) is 2.66. The summed E-state index contributed by atoms with van der Waals surface area (Å²) in [6.07, 6.45) is 1.66. The van der Waals surface area contributed by atoms with Crippen LogP contribution in [-0.4, -0.2) is 37.0 Å². The van der Waals surface area contributed by atoms with Crippen molar-refractivity contribution in [2.75, 3.05) is 31.1 Å². The summed E-state index contributed by atoms with van der Waals surface area (Å²) in [5.74, 6) is 1.18. The molecule has 130 valence electrons. The van der Waals surface area contributed by atoms with Gasteiger partial charge in [-0.3, -0.25) is 0 Å². The van der Waals surface area contributed by atoms with Gasteiger partial charge in [0.15, 0.2) is 5.96 Å². The molecule has 2 aromatic rings. The molecule has 24 heavy (non-hydrogen) atoms. The Labute approximate surface area is 158 Å². The Bertz CT molecular complexity index is 678. The van der Waals surface area contributed by atoms with Crippen LogP contribution in [0, 0.1) is 12.7 Å². The highest BCUT2D eigenvalue weighted by atomic mass is 127. The Morgan fingerprint density at radius 1 is 1.17 bits per heavy atom. The number of halogens is 2. The standard InChI is InChI=1S/C17H21FN4O.HI/c1-13-6-11-23-16(13)12-20-17(19)22-9-7-21(8-10-22)15-4-2-14(18)3-5-15;/h2-6,11H,7-10,12H2,1H3,(H2,19,20);1H. The molecule has 2 N–H and O–H groups in total. The number of anilines is 1. The summed E-state index contributed by atoms with van der Waals surface area (Å²) in [6, 6.07) is 8.51. The van der Waals surface area contributed by atoms with Gasteiger partial charge in [0.05, 0.1) is 6.26 Å². The fourth-order valence-electron chi connectivity index (χ4n) is 2.66. The molecule has 1 aromatic carbocycles. The highest BCUT2D eigenvalue weighted by Gasteiger charge is 2.18. The Hall–Kier alpha value is -1.77. The van der Waals surface area contributed by atoms with Gasteiger partial charge in [-0.15, -0.1) is 24.0 Å². The predicted octanol–water partition coefficient (Wildman–Crippen LogP) is 2.98. The van der Waals surface area contributed by atoms with Gasteiger partial charge in [-0.05, 0) is 42.8 Å². The van der Waals surface area contributed by atoms with Crippen LogP contribution in [-0.2, 0) is 6.54 Å². The number of rotatable bonds is 3. The maximum absolute atomic E-state index is 13.0. The van der Waals surface area contributed by atoms with E-state index in [1.807, 2.05) is 25.1 Å². The first-order chi connectivity index (χ1) is 11.1. The number of hydrogen-bond acceptors (Lipinski definition) is 3. The molecule has 5 nitrogen and oxygen atoms in total. The molecule has 1 aliphatic rings. The molecule has 0 bridgehead atoms. The van der Waals surface area contributed by atoms with Crippen LogP contribution in [0.3, 0.4) is 0 Å². The first-order valence-electron chi connectivity index (χ1n) is 7.72. The minimum Gasteiger partial charge on any atom is -0.467 e. The number of nitrogens with zero attached hydrogens (tertiary/aromatic N) is 3. The third kappa shape index (κ3) is 4.40. The summed E-state index contributed by atoms with van der Waals surface area (Å²) >= 11 is 0. The van der Waals surface area contributed by atoms with Crippen molar-refractivity contribution in [3.8, 4) is 0 Å². The molecule has 0 atom stereocenters. The minimum atomic E-state index is -0.211. The lowest BCUT2D eigenvalue weighted by atomic mass is 10.2. The molecule has 1 aliphatic heterocycles. The smallest absolute Gasteiger partial charge is 0.191 e. The van der Waals surface area contributed by atoms with Crippen molar-refractivity contribution in [1.82, 2.24) is 4.90 Å². The average molecular weight is 444 g/mol. The van der Waals surface area contributed by atoms with E-state index in [-0.39, 0.29) is 29.8 Å². The van der Waals surface area contributed by atoms with Gasteiger partial charge in [-0.1, -0.05) is 0 Å². The quantitative estimate of drug-likeness (QED) is 0.450. The summed E-state index contributed by atoms with van der Waals surface area (Å²) in [4.78, 5) is 8.71. The van der Waals surface area contributed by atoms with Gasteiger partial charge in [0, 0.05) is 31.9 Å². The molecule has 2 heterocycles. The summed E-state index contributed by atoms with van der Waals surface area (Å²) in [6.45, 7) is 5.71. The van der Waals surface area contributed by atoms with Crippen molar-refractivity contribution < 1.29 is 8.81 Å². The maximum Gasteiger partial charge on any atom is 0.191 e. The third-order valence-electron chi connectivity index (χ3n) is 4.15. The van der Waals surface area contributed by atoms with Crippen LogP contribution < -0.4 is 10.6 Å². The molecular weight excluding hydrogens is 422 g/mol. The highest BCUT2D eigenvalue weighted by Crippen LogP contribution is 2.17. The molecular formula is C17H22FIN4O. The van der Waals surface area contributed by atoms with Crippen molar-refractivity contribution in [2.45, 2.75) is 13.5 Å². The Kier molecular flexibility index (Phi) is 6.47. The first kappa shape index (κ1) is 18.6. The van der Waals surface area contributed by atoms with Gasteiger partial charge in [0.1, 0.15) is 18.1 Å². The zero-order chi connectivity index (χ0) is 16.2. The summed E-state index contributed by atoms with van der Waals surface area (Å²) in [5, 5.41) is 0. The van der Waals surface area contributed by atoms with E-state index in [1.165, 1.54) is 12.1 Å². The van der Waals surface area contributed by atoms with E-state index in [1.54, 1.807) is 6.26 Å². The van der Waals surface area contributed by atoms with Crippen LogP contribution in [0.25, 0.3) is 0 Å². The highest BCUT2D eigenvalue weighted by molar-refractivity contribution is 14.0. The lowest BCUT2D eigenvalue weighted by molar-refractivity contribution is 0.379. The largest absolute Gasteiger partial charge is 0.467 e. The summed E-state index contributed by atoms with van der Waals surface area (Å²) in [7, 11) is 0. The molecule has 0 amide bonds. The number of aliphatic imine (C=N–C) groups is 1. The van der Waals surface area contributed by atoms with E-state index < -0.39 is 0 Å². The molecule has 0 saturated carbocycles. The Morgan fingerprint density at radius 2 is 1.83 bits per heavy atom. The molecule has 1 fully saturated rings. The van der Waals surface area contributed by atoms with Crippen molar-refractivity contribution >= 4 is 35.6 Å². The number of hydrogen-bond donors (Lipinski definition) is 1. The molecule has 0 radical (unpaired) electrons. The number of guanidine groups is 1. The van der Waals surface area contributed by atoms with Crippen LogP contribution >= 0.6 is 24.0 Å². The maximum atomic E-state index is 13.0. The predicted molar refractivity (Wildman–Crippen MR) is 104 cm³/mol. The van der Waals surface area contributed by atoms with Crippen LogP contribution in [0.15, 0.2) is 46.0 Å². The number of furan rings is 1. The van der Waals surface area contributed by atoms with E-state index in [0.717, 1.165) is 43.2 Å². The van der Waals surface area contributed by atoms with Gasteiger partial charge in [0.25, 0.3) is 0 Å². The van der Waals surface area contributed by atoms with Crippen LogP contribution in [0.2, 0.25) is 0 Å². The number of piperazine rings is 1. The molecule has 3 rings (SSSR count). The Balaban J connectivity index is 0.00000208. The van der Waals surface area contributed by atoms with Crippen LogP contribution in [0.1, 0.15) is 11.3 Å². The second-order valence-electron chi connectivity index (χ2n) is 5.65. The Morgan fingerprint density at radius 3 is 2.42 bits per heavy atom. The van der Waals surface area contributed by atoms with Gasteiger partial charge in [-0.25, -0.2) is 9.38 Å². The third-order valence-corrected chi connectivity index (χ3v) is 4.15. The molecule has 0 aliphatic carbocycles. The topological polar surface area (TPSA) is 58.0 Å². The fraction of sp³-hybridized carbons (Fsp3) is 0.353. The van der Waals surface area contributed by atoms with Gasteiger partial charge in [-0.2, -0.15) is 0 Å². The average Bonchev–Trinajstić information content (AvgIpc) is 2.99. The number of benzene rings is 1. The lowest BCUT2D eigenvalue weighted by Crippen LogP contribution is -2.51. The lowest BCUT2D eigenvalue weighted by Gasteiger charge is -2.36. The zero-order valence-electron chi connectivity index (χ0n) is 13.6. The summed E-state index contributed by atoms with van der Waals surface area (Å²) < 4.78 is 18.4. The van der Waals surface area contributed by atoms with Crippen molar-refractivity contribution in [1.29, 1.82) is 0 Å². The van der Waals surface area contributed by atoms with Crippen LogP contribution in [0.5, 0.6) is 0 Å². The number of aryl methyl sites for hydroxylation is 1. The SMILES string of the molecule is Cc1ccoc1CN=C(N)N1CCN(c2ccc(F)cc2)CC1.I. The minimum absolute atomic E-state index is 0. The van der Waals surface area contributed by atoms with Crippen molar-refractivity contribution in [3.05, 3.63) is 53.7 Å². The van der Waals surface area contributed by atoms with Gasteiger partial charge >= 0.3 is 0 Å². The van der Waals surface area contributed by atoms with Crippen molar-refractivity contribution in [3.63, 3.8) is 0 Å². The van der Waals surface area contributed by atoms with E-state index in [2.05, 4.69) is 14.8 Å². The molecule has 0 spiro atoms. The first-order valence-corrected chi connectivity index (χ1v) is 7.72. The molecule has 1 saturated heterocycles. The monoisotopic (exact) mass is 444 g/mol. The van der Waals surface area contributed by atoms with E-state index in [4.69, 9.17) is 10.2 Å². The van der Waals surface area contributed by atoms with Gasteiger partial charge < -0.3 is 20.0 Å². The molecule has 0 unspecified atom stereocenters. The molecule has 1 aromatic heterocycles.